The summed E-state index contributed by atoms with van der Waals surface area (Å²) in [5, 5.41) is 37.1. The van der Waals surface area contributed by atoms with Gasteiger partial charge in [-0.1, -0.05) is 13.8 Å². The Labute approximate surface area is 210 Å². The van der Waals surface area contributed by atoms with E-state index in [2.05, 4.69) is 25.2 Å². The van der Waals surface area contributed by atoms with Gasteiger partial charge in [0.15, 0.2) is 11.4 Å². The van der Waals surface area contributed by atoms with Crippen molar-refractivity contribution < 1.29 is 29.7 Å². The van der Waals surface area contributed by atoms with E-state index in [0.29, 0.717) is 24.4 Å². The van der Waals surface area contributed by atoms with Crippen molar-refractivity contribution in [1.29, 1.82) is 0 Å². The molecule has 0 heterocycles. The zero-order valence-electron chi connectivity index (χ0n) is 21.4. The Morgan fingerprint density at radius 3 is 2.50 bits per heavy atom. The summed E-state index contributed by atoms with van der Waals surface area (Å²) in [5.41, 5.74) is 6.23. The molecule has 1 saturated carbocycles. The molecule has 1 aromatic carbocycles. The molecule has 6 N–H and O–H groups in total. The van der Waals surface area contributed by atoms with Crippen LogP contribution in [0.5, 0.6) is 0 Å². The Bertz CT molecular complexity index is 1230. The summed E-state index contributed by atoms with van der Waals surface area (Å²) < 4.78 is 0. The zero-order chi connectivity index (χ0) is 26.7. The molecule has 0 radical (unpaired) electrons. The van der Waals surface area contributed by atoms with Crippen molar-refractivity contribution in [2.45, 2.75) is 52.2 Å². The highest BCUT2D eigenvalue weighted by Gasteiger charge is 2.60. The molecule has 0 saturated heterocycles. The van der Waals surface area contributed by atoms with E-state index < -0.39 is 46.2 Å². The minimum Gasteiger partial charge on any atom is -0.508 e. The number of ketones is 2. The largest absolute Gasteiger partial charge is 0.508 e. The number of amides is 1. The number of anilines is 1. The van der Waals surface area contributed by atoms with Gasteiger partial charge in [-0.2, -0.15) is 0 Å². The molecule has 0 bridgehead atoms. The molecule has 0 aromatic heterocycles. The van der Waals surface area contributed by atoms with Gasteiger partial charge in [-0.15, -0.1) is 0 Å². The number of rotatable bonds is 6. The summed E-state index contributed by atoms with van der Waals surface area (Å²) in [6, 6.07) is 2.10. The van der Waals surface area contributed by atoms with Gasteiger partial charge < -0.3 is 31.3 Å². The zero-order valence-corrected chi connectivity index (χ0v) is 21.4. The van der Waals surface area contributed by atoms with E-state index in [1.165, 1.54) is 0 Å². The SMILES string of the molecule is Cc1c(CNCC(C)C)cc(N(C)C)c2c1C(O)=C1C(=O)[C@]3(O)C(O)=C(C(N)=O)C(=O)C[C@@H]3C[C@@H]1C2. The van der Waals surface area contributed by atoms with Crippen LogP contribution in [0.2, 0.25) is 0 Å². The van der Waals surface area contributed by atoms with Crippen LogP contribution in [-0.4, -0.2) is 59.0 Å². The second-order valence-electron chi connectivity index (χ2n) is 10.9. The molecule has 0 aliphatic heterocycles. The molecule has 9 heteroatoms. The fraction of sp³-hybridized carbons (Fsp3) is 0.519. The molecule has 1 amide bonds. The molecule has 36 heavy (non-hydrogen) atoms. The monoisotopic (exact) mass is 497 g/mol. The number of nitrogens with zero attached hydrogens (tertiary/aromatic N) is 1. The Balaban J connectivity index is 1.88. The van der Waals surface area contributed by atoms with Gasteiger partial charge >= 0.3 is 0 Å². The van der Waals surface area contributed by atoms with Gasteiger partial charge in [0.05, 0.1) is 0 Å². The number of carbonyl (C=O) groups is 3. The van der Waals surface area contributed by atoms with Crippen LogP contribution in [0.4, 0.5) is 5.69 Å². The van der Waals surface area contributed by atoms with Crippen LogP contribution in [0.15, 0.2) is 23.0 Å². The van der Waals surface area contributed by atoms with Gasteiger partial charge in [0, 0.05) is 49.8 Å². The van der Waals surface area contributed by atoms with Crippen molar-refractivity contribution in [3.63, 3.8) is 0 Å². The first-order chi connectivity index (χ1) is 16.8. The van der Waals surface area contributed by atoms with E-state index in [1.54, 1.807) is 0 Å². The molecule has 0 spiro atoms. The highest BCUT2D eigenvalue weighted by Crippen LogP contribution is 2.52. The van der Waals surface area contributed by atoms with Crippen LogP contribution < -0.4 is 16.0 Å². The standard InChI is InChI=1S/C27H35N3O6/c1-12(2)10-29-11-15-8-18(30(4)5)17-7-14-6-16-9-19(31)22(26(28)35)25(34)27(16,36)24(33)21(14)23(32)20(17)13(15)3/h8,12,14,16,29,32,34,36H,6-7,9-11H2,1-5H3,(H2,28,35)/t14-,16+,27+/m1/s1. The first kappa shape index (κ1) is 25.9. The fourth-order valence-corrected chi connectivity index (χ4v) is 5.99. The third-order valence-electron chi connectivity index (χ3n) is 7.78. The highest BCUT2D eigenvalue weighted by atomic mass is 16.3. The predicted molar refractivity (Wildman–Crippen MR) is 135 cm³/mol. The normalized spacial score (nSPS) is 25.6. The quantitative estimate of drug-likeness (QED) is 0.373. The summed E-state index contributed by atoms with van der Waals surface area (Å²) in [6.45, 7) is 7.54. The Morgan fingerprint density at radius 2 is 1.92 bits per heavy atom. The van der Waals surface area contributed by atoms with Crippen molar-refractivity contribution in [1.82, 2.24) is 5.32 Å². The second kappa shape index (κ2) is 9.05. The average molecular weight is 498 g/mol. The summed E-state index contributed by atoms with van der Waals surface area (Å²) >= 11 is 0. The van der Waals surface area contributed by atoms with E-state index in [1.807, 2.05) is 25.9 Å². The summed E-state index contributed by atoms with van der Waals surface area (Å²) in [6.07, 6.45) is 0.330. The van der Waals surface area contributed by atoms with Crippen LogP contribution >= 0.6 is 0 Å². The molecule has 1 fully saturated rings. The second-order valence-corrected chi connectivity index (χ2v) is 10.9. The van der Waals surface area contributed by atoms with E-state index in [0.717, 1.165) is 28.9 Å². The molecule has 9 nitrogen and oxygen atoms in total. The van der Waals surface area contributed by atoms with Crippen molar-refractivity contribution in [3.8, 4) is 0 Å². The third-order valence-corrected chi connectivity index (χ3v) is 7.78. The molecule has 194 valence electrons. The number of hydrogen-bond donors (Lipinski definition) is 5. The lowest BCUT2D eigenvalue weighted by Gasteiger charge is -2.46. The van der Waals surface area contributed by atoms with Crippen molar-refractivity contribution in [3.05, 3.63) is 45.2 Å². The Hall–Kier alpha value is -3.17. The molecule has 3 aliphatic carbocycles. The highest BCUT2D eigenvalue weighted by molar-refractivity contribution is 6.22. The van der Waals surface area contributed by atoms with E-state index in [4.69, 9.17) is 5.73 Å². The molecule has 3 aliphatic rings. The van der Waals surface area contributed by atoms with Crippen molar-refractivity contribution in [2.75, 3.05) is 25.5 Å². The maximum absolute atomic E-state index is 13.7. The molecule has 4 rings (SSSR count). The van der Waals surface area contributed by atoms with Crippen molar-refractivity contribution >= 4 is 28.9 Å². The lowest BCUT2D eigenvalue weighted by Crippen LogP contribution is -2.58. The number of benzene rings is 1. The van der Waals surface area contributed by atoms with E-state index >= 15 is 0 Å². The number of Topliss-reactive ketones (excluding diaryl/α,β-unsaturated/α-hetero) is 2. The lowest BCUT2D eigenvalue weighted by atomic mass is 9.59. The third kappa shape index (κ3) is 3.81. The Kier molecular flexibility index (Phi) is 6.51. The smallest absolute Gasteiger partial charge is 0.255 e. The van der Waals surface area contributed by atoms with Gasteiger partial charge in [-0.3, -0.25) is 14.4 Å². The number of carbonyl (C=O) groups excluding carboxylic acids is 3. The summed E-state index contributed by atoms with van der Waals surface area (Å²) in [4.78, 5) is 40.0. The minimum absolute atomic E-state index is 0.0195. The van der Waals surface area contributed by atoms with Gasteiger partial charge in [-0.05, 0) is 60.9 Å². The first-order valence-electron chi connectivity index (χ1n) is 12.3. The van der Waals surface area contributed by atoms with Gasteiger partial charge in [0.25, 0.3) is 5.91 Å². The molecular weight excluding hydrogens is 462 g/mol. The maximum Gasteiger partial charge on any atom is 0.255 e. The molecular formula is C27H35N3O6. The van der Waals surface area contributed by atoms with Gasteiger partial charge in [-0.25, -0.2) is 0 Å². The van der Waals surface area contributed by atoms with Gasteiger partial charge in [0.1, 0.15) is 17.1 Å². The van der Waals surface area contributed by atoms with Crippen LogP contribution in [-0.2, 0) is 27.3 Å². The maximum atomic E-state index is 13.7. The van der Waals surface area contributed by atoms with Crippen LogP contribution in [0, 0.1) is 24.7 Å². The Morgan fingerprint density at radius 1 is 1.25 bits per heavy atom. The molecule has 1 aromatic rings. The van der Waals surface area contributed by atoms with Crippen LogP contribution in [0.3, 0.4) is 0 Å². The molecule has 0 unspecified atom stereocenters. The first-order valence-corrected chi connectivity index (χ1v) is 12.3. The number of aliphatic hydroxyl groups excluding tert-OH is 2. The van der Waals surface area contributed by atoms with Crippen molar-refractivity contribution in [2.24, 2.45) is 23.5 Å². The average Bonchev–Trinajstić information content (AvgIpc) is 2.77. The molecule has 3 atom stereocenters. The number of nitrogens with two attached hydrogens (primary N) is 1. The number of nitrogens with one attached hydrogen (secondary N) is 1. The van der Waals surface area contributed by atoms with E-state index in [-0.39, 0.29) is 24.2 Å². The fourth-order valence-electron chi connectivity index (χ4n) is 5.99. The number of hydrogen-bond acceptors (Lipinski definition) is 8. The lowest BCUT2D eigenvalue weighted by molar-refractivity contribution is -0.147. The van der Waals surface area contributed by atoms with E-state index in [9.17, 15) is 29.7 Å². The number of aliphatic hydroxyl groups is 3. The number of primary amides is 1. The number of fused-ring (bicyclic) bond motifs is 3. The summed E-state index contributed by atoms with van der Waals surface area (Å²) in [5.74, 6) is -4.92. The predicted octanol–water partition coefficient (Wildman–Crippen LogP) is 1.84. The van der Waals surface area contributed by atoms with Crippen LogP contribution in [0.1, 0.15) is 48.9 Å². The summed E-state index contributed by atoms with van der Waals surface area (Å²) in [7, 11) is 3.84. The minimum atomic E-state index is -2.48. The van der Waals surface area contributed by atoms with Gasteiger partial charge in [0.2, 0.25) is 5.78 Å². The van der Waals surface area contributed by atoms with Crippen LogP contribution in [0.25, 0.3) is 5.76 Å². The topological polar surface area (TPSA) is 153 Å².